The largest absolute Gasteiger partial charge is 0.573 e. The lowest BCUT2D eigenvalue weighted by Crippen LogP contribution is -2.27. The van der Waals surface area contributed by atoms with E-state index in [1.807, 2.05) is 0 Å². The molecule has 1 atom stereocenters. The number of amides is 1. The van der Waals surface area contributed by atoms with Gasteiger partial charge in [-0.15, -0.1) is 13.2 Å². The van der Waals surface area contributed by atoms with Crippen molar-refractivity contribution in [2.45, 2.75) is 32.3 Å². The molecule has 124 valence electrons. The third kappa shape index (κ3) is 5.61. The van der Waals surface area contributed by atoms with Crippen molar-refractivity contribution in [1.82, 2.24) is 20.1 Å². The molecule has 1 unspecified atom stereocenters. The molecule has 0 aliphatic rings. The second-order valence-corrected chi connectivity index (χ2v) is 4.81. The van der Waals surface area contributed by atoms with Gasteiger partial charge in [0.1, 0.15) is 18.4 Å². The van der Waals surface area contributed by atoms with Gasteiger partial charge in [-0.3, -0.25) is 9.48 Å². The molecule has 0 fully saturated rings. The minimum Gasteiger partial charge on any atom is -0.406 e. The molecular formula is C14H15F3N4O2. The number of halogens is 3. The van der Waals surface area contributed by atoms with Gasteiger partial charge in [0.05, 0.1) is 12.6 Å². The number of alkyl halides is 3. The van der Waals surface area contributed by atoms with Crippen LogP contribution in [0.25, 0.3) is 0 Å². The summed E-state index contributed by atoms with van der Waals surface area (Å²) >= 11 is 0. The molecule has 1 heterocycles. The van der Waals surface area contributed by atoms with Crippen LogP contribution in [-0.4, -0.2) is 27.0 Å². The maximum atomic E-state index is 12.1. The zero-order valence-corrected chi connectivity index (χ0v) is 12.2. The van der Waals surface area contributed by atoms with Crippen LogP contribution in [0, 0.1) is 0 Å². The predicted octanol–water partition coefficient (Wildman–Crippen LogP) is 2.44. The Labute approximate surface area is 130 Å². The molecule has 1 aromatic carbocycles. The van der Waals surface area contributed by atoms with E-state index in [4.69, 9.17) is 0 Å². The molecular weight excluding hydrogens is 313 g/mol. The van der Waals surface area contributed by atoms with Crippen LogP contribution in [-0.2, 0) is 11.3 Å². The Morgan fingerprint density at radius 3 is 2.61 bits per heavy atom. The second-order valence-electron chi connectivity index (χ2n) is 4.81. The summed E-state index contributed by atoms with van der Waals surface area (Å²) in [6.45, 7) is 2.14. The van der Waals surface area contributed by atoms with Gasteiger partial charge in [0.2, 0.25) is 5.91 Å². The minimum absolute atomic E-state index is 0.191. The average molecular weight is 328 g/mol. The van der Waals surface area contributed by atoms with Crippen LogP contribution in [0.3, 0.4) is 0 Å². The normalized spacial score (nSPS) is 12.7. The van der Waals surface area contributed by atoms with Gasteiger partial charge < -0.3 is 10.1 Å². The Hall–Kier alpha value is -2.58. The number of hydrogen-bond donors (Lipinski definition) is 1. The van der Waals surface area contributed by atoms with Gasteiger partial charge in [0.15, 0.2) is 0 Å². The zero-order chi connectivity index (χ0) is 16.9. The standard InChI is InChI=1S/C14H15F3N4O2/c1-10(20-13(22)6-7-21-9-18-8-19-21)11-2-4-12(5-3-11)23-14(15,16)17/h2-5,8-10H,6-7H2,1H3,(H,20,22). The summed E-state index contributed by atoms with van der Waals surface area (Å²) in [5.41, 5.74) is 0.675. The van der Waals surface area contributed by atoms with E-state index in [2.05, 4.69) is 20.1 Å². The highest BCUT2D eigenvalue weighted by Gasteiger charge is 2.31. The second kappa shape index (κ2) is 7.12. The SMILES string of the molecule is CC(NC(=O)CCn1cncn1)c1ccc(OC(F)(F)F)cc1. The molecule has 0 saturated heterocycles. The van der Waals surface area contributed by atoms with Crippen molar-refractivity contribution in [3.8, 4) is 5.75 Å². The highest BCUT2D eigenvalue weighted by molar-refractivity contribution is 5.76. The van der Waals surface area contributed by atoms with E-state index < -0.39 is 6.36 Å². The van der Waals surface area contributed by atoms with Crippen molar-refractivity contribution < 1.29 is 22.7 Å². The number of hydrogen-bond acceptors (Lipinski definition) is 4. The van der Waals surface area contributed by atoms with Gasteiger partial charge in [0.25, 0.3) is 0 Å². The van der Waals surface area contributed by atoms with Crippen molar-refractivity contribution in [2.75, 3.05) is 0 Å². The molecule has 1 aromatic heterocycles. The molecule has 0 aliphatic heterocycles. The number of nitrogens with zero attached hydrogens (tertiary/aromatic N) is 3. The zero-order valence-electron chi connectivity index (χ0n) is 12.2. The summed E-state index contributed by atoms with van der Waals surface area (Å²) in [5, 5.41) is 6.65. The number of ether oxygens (including phenoxy) is 1. The van der Waals surface area contributed by atoms with E-state index in [1.165, 1.54) is 41.6 Å². The minimum atomic E-state index is -4.72. The molecule has 9 heteroatoms. The topological polar surface area (TPSA) is 69.0 Å². The Kier molecular flexibility index (Phi) is 5.20. The molecule has 0 saturated carbocycles. The third-order valence-electron chi connectivity index (χ3n) is 3.03. The third-order valence-corrected chi connectivity index (χ3v) is 3.03. The lowest BCUT2D eigenvalue weighted by atomic mass is 10.1. The van der Waals surface area contributed by atoms with Gasteiger partial charge in [-0.2, -0.15) is 5.10 Å². The van der Waals surface area contributed by atoms with Gasteiger partial charge in [0, 0.05) is 6.42 Å². The highest BCUT2D eigenvalue weighted by Crippen LogP contribution is 2.24. The van der Waals surface area contributed by atoms with Crippen LogP contribution >= 0.6 is 0 Å². The number of carbonyl (C=O) groups is 1. The summed E-state index contributed by atoms with van der Waals surface area (Å²) in [6.07, 6.45) is -1.60. The molecule has 2 rings (SSSR count). The van der Waals surface area contributed by atoms with Gasteiger partial charge >= 0.3 is 6.36 Å². The fourth-order valence-corrected chi connectivity index (χ4v) is 1.92. The molecule has 1 amide bonds. The Bertz CT molecular complexity index is 626. The quantitative estimate of drug-likeness (QED) is 0.884. The smallest absolute Gasteiger partial charge is 0.406 e. The summed E-state index contributed by atoms with van der Waals surface area (Å²) < 4.78 is 41.6. The summed E-state index contributed by atoms with van der Waals surface area (Å²) in [6, 6.07) is 5.03. The first kappa shape index (κ1) is 16.8. The van der Waals surface area contributed by atoms with Gasteiger partial charge in [-0.05, 0) is 24.6 Å². The first-order valence-corrected chi connectivity index (χ1v) is 6.81. The van der Waals surface area contributed by atoms with Crippen LogP contribution in [0.15, 0.2) is 36.9 Å². The van der Waals surface area contributed by atoms with E-state index in [0.717, 1.165) is 0 Å². The molecule has 23 heavy (non-hydrogen) atoms. The van der Waals surface area contributed by atoms with E-state index in [1.54, 1.807) is 6.92 Å². The van der Waals surface area contributed by atoms with Crippen molar-refractivity contribution in [2.24, 2.45) is 0 Å². The van der Waals surface area contributed by atoms with Gasteiger partial charge in [-0.1, -0.05) is 12.1 Å². The average Bonchev–Trinajstić information content (AvgIpc) is 2.97. The van der Waals surface area contributed by atoms with Crippen LogP contribution in [0.1, 0.15) is 24.9 Å². The maximum Gasteiger partial charge on any atom is 0.573 e. The van der Waals surface area contributed by atoms with Crippen LogP contribution in [0.4, 0.5) is 13.2 Å². The first-order valence-electron chi connectivity index (χ1n) is 6.81. The van der Waals surface area contributed by atoms with Crippen molar-refractivity contribution in [3.63, 3.8) is 0 Å². The lowest BCUT2D eigenvalue weighted by Gasteiger charge is -2.15. The van der Waals surface area contributed by atoms with E-state index in [9.17, 15) is 18.0 Å². The molecule has 2 aromatic rings. The summed E-state index contributed by atoms with van der Waals surface area (Å²) in [7, 11) is 0. The fourth-order valence-electron chi connectivity index (χ4n) is 1.92. The van der Waals surface area contributed by atoms with E-state index in [0.29, 0.717) is 12.1 Å². The number of aryl methyl sites for hydroxylation is 1. The number of rotatable bonds is 6. The molecule has 0 bridgehead atoms. The monoisotopic (exact) mass is 328 g/mol. The van der Waals surface area contributed by atoms with Crippen LogP contribution in [0.2, 0.25) is 0 Å². The van der Waals surface area contributed by atoms with Crippen molar-refractivity contribution in [3.05, 3.63) is 42.5 Å². The summed E-state index contributed by atoms with van der Waals surface area (Å²) in [5.74, 6) is -0.491. The Balaban J connectivity index is 1.84. The van der Waals surface area contributed by atoms with Crippen LogP contribution in [0.5, 0.6) is 5.75 Å². The van der Waals surface area contributed by atoms with Crippen LogP contribution < -0.4 is 10.1 Å². The van der Waals surface area contributed by atoms with E-state index >= 15 is 0 Å². The Morgan fingerprint density at radius 2 is 2.04 bits per heavy atom. The molecule has 0 spiro atoms. The highest BCUT2D eigenvalue weighted by atomic mass is 19.4. The van der Waals surface area contributed by atoms with Crippen molar-refractivity contribution in [1.29, 1.82) is 0 Å². The van der Waals surface area contributed by atoms with E-state index in [-0.39, 0.29) is 24.1 Å². The number of aromatic nitrogens is 3. The fraction of sp³-hybridized carbons (Fsp3) is 0.357. The molecule has 1 N–H and O–H groups in total. The number of nitrogens with one attached hydrogen (secondary N) is 1. The predicted molar refractivity (Wildman–Crippen MR) is 74.3 cm³/mol. The molecule has 0 aliphatic carbocycles. The molecule has 6 nitrogen and oxygen atoms in total. The first-order chi connectivity index (χ1) is 10.8. The van der Waals surface area contributed by atoms with Gasteiger partial charge in [-0.25, -0.2) is 4.98 Å². The number of benzene rings is 1. The molecule has 0 radical (unpaired) electrons. The lowest BCUT2D eigenvalue weighted by molar-refractivity contribution is -0.274. The maximum absolute atomic E-state index is 12.1. The number of carbonyl (C=O) groups excluding carboxylic acids is 1. The van der Waals surface area contributed by atoms with Crippen molar-refractivity contribution >= 4 is 5.91 Å². The summed E-state index contributed by atoms with van der Waals surface area (Å²) in [4.78, 5) is 15.6. The Morgan fingerprint density at radius 1 is 1.35 bits per heavy atom.